The maximum atomic E-state index is 6.28. The van der Waals surface area contributed by atoms with Crippen LogP contribution in [0.2, 0.25) is 5.15 Å². The fourth-order valence-electron chi connectivity index (χ4n) is 2.06. The summed E-state index contributed by atoms with van der Waals surface area (Å²) in [4.78, 5) is 9.21. The van der Waals surface area contributed by atoms with Gasteiger partial charge < -0.3 is 4.74 Å². The molecule has 0 aliphatic heterocycles. The van der Waals surface area contributed by atoms with Crippen LogP contribution < -0.4 is 0 Å². The first-order valence-corrected chi connectivity index (χ1v) is 8.15. The Morgan fingerprint density at radius 1 is 1.37 bits per heavy atom. The van der Waals surface area contributed by atoms with E-state index in [-0.39, 0.29) is 11.5 Å². The lowest BCUT2D eigenvalue weighted by Gasteiger charge is -2.23. The zero-order chi connectivity index (χ0) is 14.2. The Bertz CT molecular complexity index is 469. The van der Waals surface area contributed by atoms with Gasteiger partial charge in [0.1, 0.15) is 11.3 Å². The maximum Gasteiger partial charge on any atom is 0.159 e. The van der Waals surface area contributed by atoms with Crippen LogP contribution in [0.15, 0.2) is 0 Å². The summed E-state index contributed by atoms with van der Waals surface area (Å²) in [5.74, 6) is 1.31. The van der Waals surface area contributed by atoms with Crippen molar-refractivity contribution in [2.75, 3.05) is 6.61 Å². The fourth-order valence-corrected chi connectivity index (χ4v) is 3.29. The number of hydrogen-bond donors (Lipinski definition) is 0. The van der Waals surface area contributed by atoms with Crippen molar-refractivity contribution in [1.29, 1.82) is 0 Å². The van der Waals surface area contributed by atoms with Crippen molar-refractivity contribution in [3.63, 3.8) is 0 Å². The molecule has 1 fully saturated rings. The minimum Gasteiger partial charge on any atom is -0.370 e. The summed E-state index contributed by atoms with van der Waals surface area (Å²) in [6.45, 7) is 9.12. The second-order valence-corrected chi connectivity index (χ2v) is 7.44. The van der Waals surface area contributed by atoms with Crippen molar-refractivity contribution >= 4 is 34.2 Å². The zero-order valence-electron chi connectivity index (χ0n) is 11.8. The molecule has 1 aromatic heterocycles. The Balaban J connectivity index is 2.43. The van der Waals surface area contributed by atoms with E-state index in [9.17, 15) is 0 Å². The molecule has 1 unspecified atom stereocenters. The van der Waals surface area contributed by atoms with Gasteiger partial charge in [-0.2, -0.15) is 0 Å². The molecule has 5 heteroatoms. The molecule has 0 amide bonds. The second kappa shape index (κ2) is 5.82. The highest BCUT2D eigenvalue weighted by molar-refractivity contribution is 14.1. The van der Waals surface area contributed by atoms with E-state index in [1.807, 2.05) is 6.92 Å². The van der Waals surface area contributed by atoms with E-state index in [1.165, 1.54) is 12.8 Å². The van der Waals surface area contributed by atoms with Crippen molar-refractivity contribution in [1.82, 2.24) is 9.97 Å². The van der Waals surface area contributed by atoms with Crippen LogP contribution >= 0.6 is 34.2 Å². The van der Waals surface area contributed by atoms with Gasteiger partial charge in [0.25, 0.3) is 0 Å². The molecule has 1 saturated carbocycles. The van der Waals surface area contributed by atoms with Gasteiger partial charge in [-0.15, -0.1) is 0 Å². The number of nitrogens with zero attached hydrogens (tertiary/aromatic N) is 2. The van der Waals surface area contributed by atoms with Crippen LogP contribution in [0.4, 0.5) is 0 Å². The first kappa shape index (κ1) is 15.4. The van der Waals surface area contributed by atoms with E-state index < -0.39 is 0 Å². The van der Waals surface area contributed by atoms with E-state index in [4.69, 9.17) is 21.3 Å². The van der Waals surface area contributed by atoms with Gasteiger partial charge in [0.2, 0.25) is 0 Å². The average Bonchev–Trinajstić information content (AvgIpc) is 3.12. The molecular weight excluding hydrogens is 375 g/mol. The van der Waals surface area contributed by atoms with Crippen LogP contribution in [0.3, 0.4) is 0 Å². The average molecular weight is 395 g/mol. The molecule has 0 aromatic carbocycles. The summed E-state index contributed by atoms with van der Waals surface area (Å²) in [6.07, 6.45) is 2.39. The number of ether oxygens (including phenoxy) is 1. The number of halogens is 2. The predicted octanol–water partition coefficient (Wildman–Crippen LogP) is 4.52. The molecule has 0 saturated heterocycles. The van der Waals surface area contributed by atoms with Crippen LogP contribution in [-0.2, 0) is 10.2 Å². The lowest BCUT2D eigenvalue weighted by Crippen LogP contribution is -2.20. The summed E-state index contributed by atoms with van der Waals surface area (Å²) < 4.78 is 6.77. The van der Waals surface area contributed by atoms with Crippen LogP contribution in [0.25, 0.3) is 0 Å². The summed E-state index contributed by atoms with van der Waals surface area (Å²) in [6, 6.07) is 0. The molecule has 1 atom stereocenters. The van der Waals surface area contributed by atoms with Gasteiger partial charge in [-0.25, -0.2) is 9.97 Å². The number of aromatic nitrogens is 2. The monoisotopic (exact) mass is 394 g/mol. The molecule has 106 valence electrons. The standard InChI is InChI=1S/C14H20ClIN2O/c1-5-19-10(8-6-7-8)13-17-11(14(2,3)4)9(16)12(15)18-13/h8,10H,5-7H2,1-4H3. The SMILES string of the molecule is CCOC(c1nc(Cl)c(I)c(C(C)(C)C)n1)C1CC1. The van der Waals surface area contributed by atoms with E-state index in [0.717, 1.165) is 15.1 Å². The van der Waals surface area contributed by atoms with Gasteiger partial charge in [-0.1, -0.05) is 32.4 Å². The largest absolute Gasteiger partial charge is 0.370 e. The quantitative estimate of drug-likeness (QED) is 0.556. The molecule has 0 bridgehead atoms. The van der Waals surface area contributed by atoms with Gasteiger partial charge in [0, 0.05) is 12.0 Å². The van der Waals surface area contributed by atoms with Gasteiger partial charge in [-0.3, -0.25) is 0 Å². The number of hydrogen-bond acceptors (Lipinski definition) is 3. The molecule has 0 radical (unpaired) electrons. The fraction of sp³-hybridized carbons (Fsp3) is 0.714. The molecule has 1 heterocycles. The van der Waals surface area contributed by atoms with E-state index in [1.54, 1.807) is 0 Å². The minimum absolute atomic E-state index is 0.000556. The van der Waals surface area contributed by atoms with Gasteiger partial charge >= 0.3 is 0 Å². The summed E-state index contributed by atoms with van der Waals surface area (Å²) in [5.41, 5.74) is 0.964. The summed E-state index contributed by atoms with van der Waals surface area (Å²) >= 11 is 8.51. The van der Waals surface area contributed by atoms with Crippen molar-refractivity contribution in [2.24, 2.45) is 5.92 Å². The van der Waals surface area contributed by atoms with Gasteiger partial charge in [0.05, 0.1) is 9.26 Å². The Kier molecular flexibility index (Phi) is 4.73. The highest BCUT2D eigenvalue weighted by atomic mass is 127. The van der Waals surface area contributed by atoms with Gasteiger partial charge in [0.15, 0.2) is 5.82 Å². The lowest BCUT2D eigenvalue weighted by molar-refractivity contribution is 0.0397. The van der Waals surface area contributed by atoms with Crippen molar-refractivity contribution in [3.05, 3.63) is 20.2 Å². The van der Waals surface area contributed by atoms with E-state index >= 15 is 0 Å². The molecule has 0 N–H and O–H groups in total. The molecular formula is C14H20ClIN2O. The lowest BCUT2D eigenvalue weighted by atomic mass is 9.92. The first-order valence-electron chi connectivity index (χ1n) is 6.69. The maximum absolute atomic E-state index is 6.28. The third kappa shape index (κ3) is 3.58. The van der Waals surface area contributed by atoms with Gasteiger partial charge in [-0.05, 0) is 48.3 Å². The molecule has 19 heavy (non-hydrogen) atoms. The number of rotatable bonds is 4. The normalized spacial score (nSPS) is 17.6. The summed E-state index contributed by atoms with van der Waals surface area (Å²) in [5, 5.41) is 0.542. The topological polar surface area (TPSA) is 35.0 Å². The highest BCUT2D eigenvalue weighted by Crippen LogP contribution is 2.43. The zero-order valence-corrected chi connectivity index (χ0v) is 14.7. The molecule has 2 rings (SSSR count). The molecule has 3 nitrogen and oxygen atoms in total. The Morgan fingerprint density at radius 3 is 2.47 bits per heavy atom. The Morgan fingerprint density at radius 2 is 2.00 bits per heavy atom. The first-order chi connectivity index (χ1) is 8.84. The third-order valence-electron chi connectivity index (χ3n) is 3.19. The van der Waals surface area contributed by atoms with E-state index in [0.29, 0.717) is 17.7 Å². The van der Waals surface area contributed by atoms with Crippen LogP contribution in [0, 0.1) is 9.49 Å². The predicted molar refractivity (Wildman–Crippen MR) is 85.6 cm³/mol. The second-order valence-electron chi connectivity index (χ2n) is 6.00. The van der Waals surface area contributed by atoms with Crippen LogP contribution in [-0.4, -0.2) is 16.6 Å². The Hall–Kier alpha value is 0.0600. The Labute approximate surface area is 133 Å². The molecule has 1 aromatic rings. The molecule has 1 aliphatic carbocycles. The van der Waals surface area contributed by atoms with Crippen molar-refractivity contribution < 1.29 is 4.74 Å². The summed E-state index contributed by atoms with van der Waals surface area (Å²) in [7, 11) is 0. The molecule has 1 aliphatic rings. The molecule has 0 spiro atoms. The van der Waals surface area contributed by atoms with Crippen molar-refractivity contribution in [3.8, 4) is 0 Å². The smallest absolute Gasteiger partial charge is 0.159 e. The third-order valence-corrected chi connectivity index (χ3v) is 4.80. The minimum atomic E-state index is -0.0435. The van der Waals surface area contributed by atoms with Crippen LogP contribution in [0.1, 0.15) is 58.2 Å². The highest BCUT2D eigenvalue weighted by Gasteiger charge is 2.36. The van der Waals surface area contributed by atoms with E-state index in [2.05, 4.69) is 48.3 Å². The van der Waals surface area contributed by atoms with Crippen molar-refractivity contribution in [2.45, 2.75) is 52.1 Å². The van der Waals surface area contributed by atoms with Crippen LogP contribution in [0.5, 0.6) is 0 Å².